The second kappa shape index (κ2) is 7.22. The van der Waals surface area contributed by atoms with Gasteiger partial charge < -0.3 is 10.9 Å². The van der Waals surface area contributed by atoms with Gasteiger partial charge in [-0.25, -0.2) is 0 Å². The third-order valence-electron chi connectivity index (χ3n) is 2.80. The molecule has 1 aromatic carbocycles. The van der Waals surface area contributed by atoms with Crippen LogP contribution in [0.4, 0.5) is 0 Å². The van der Waals surface area contributed by atoms with Crippen LogP contribution in [0.5, 0.6) is 0 Å². The number of thioether (sulfide) groups is 1. The first-order valence-electron chi connectivity index (χ1n) is 5.83. The van der Waals surface area contributed by atoms with E-state index in [-0.39, 0.29) is 11.8 Å². The van der Waals surface area contributed by atoms with Crippen LogP contribution in [0.15, 0.2) is 35.5 Å². The third kappa shape index (κ3) is 4.30. The van der Waals surface area contributed by atoms with Gasteiger partial charge in [0.2, 0.25) is 0 Å². The van der Waals surface area contributed by atoms with Gasteiger partial charge in [-0.3, -0.25) is 0 Å². The van der Waals surface area contributed by atoms with E-state index < -0.39 is 0 Å². The summed E-state index contributed by atoms with van der Waals surface area (Å²) in [6, 6.07) is 9.94. The van der Waals surface area contributed by atoms with E-state index in [0.717, 1.165) is 17.7 Å². The van der Waals surface area contributed by atoms with Gasteiger partial charge in [-0.15, -0.1) is 0 Å². The minimum atomic E-state index is -0.0137. The van der Waals surface area contributed by atoms with Gasteiger partial charge in [0.1, 0.15) is 5.84 Å². The molecule has 17 heavy (non-hydrogen) atoms. The lowest BCUT2D eigenvalue weighted by Gasteiger charge is -2.17. The predicted molar refractivity (Wildman–Crippen MR) is 74.8 cm³/mol. The van der Waals surface area contributed by atoms with Gasteiger partial charge in [-0.1, -0.05) is 49.3 Å². The Morgan fingerprint density at radius 3 is 2.59 bits per heavy atom. The molecule has 0 amide bonds. The molecule has 94 valence electrons. The number of hydrogen-bond acceptors (Lipinski definition) is 3. The Morgan fingerprint density at radius 1 is 1.41 bits per heavy atom. The normalized spacial score (nSPS) is 15.5. The third-order valence-corrected chi connectivity index (χ3v) is 4.22. The van der Waals surface area contributed by atoms with Crippen molar-refractivity contribution < 1.29 is 5.21 Å². The molecule has 1 rings (SSSR count). The van der Waals surface area contributed by atoms with Crippen molar-refractivity contribution in [1.82, 2.24) is 0 Å². The van der Waals surface area contributed by atoms with E-state index in [1.165, 1.54) is 0 Å². The molecule has 3 N–H and O–H groups in total. The van der Waals surface area contributed by atoms with Gasteiger partial charge in [-0.05, 0) is 12.0 Å². The largest absolute Gasteiger partial charge is 0.409 e. The predicted octanol–water partition coefficient (Wildman–Crippen LogP) is 3.05. The van der Waals surface area contributed by atoms with Crippen molar-refractivity contribution in [2.75, 3.05) is 5.75 Å². The first kappa shape index (κ1) is 13.9. The van der Waals surface area contributed by atoms with Crippen LogP contribution in [0.25, 0.3) is 0 Å². The van der Waals surface area contributed by atoms with E-state index >= 15 is 0 Å². The Bertz CT molecular complexity index is 354. The molecule has 0 aromatic heterocycles. The van der Waals surface area contributed by atoms with E-state index in [4.69, 9.17) is 10.9 Å². The molecule has 0 fully saturated rings. The van der Waals surface area contributed by atoms with Gasteiger partial charge >= 0.3 is 0 Å². The zero-order valence-electron chi connectivity index (χ0n) is 10.3. The second-order valence-electron chi connectivity index (χ2n) is 4.04. The van der Waals surface area contributed by atoms with Crippen molar-refractivity contribution in [2.24, 2.45) is 10.9 Å². The van der Waals surface area contributed by atoms with Crippen molar-refractivity contribution in [1.29, 1.82) is 0 Å². The Kier molecular flexibility index (Phi) is 5.91. The number of oxime groups is 1. The fourth-order valence-corrected chi connectivity index (χ4v) is 2.61. The lowest BCUT2D eigenvalue weighted by molar-refractivity contribution is 0.316. The van der Waals surface area contributed by atoms with Crippen molar-refractivity contribution >= 4 is 17.6 Å². The van der Waals surface area contributed by atoms with Crippen LogP contribution in [-0.2, 0) is 0 Å². The smallest absolute Gasteiger partial charge is 0.147 e. The minimum absolute atomic E-state index is 0.0137. The Balaban J connectivity index is 2.75. The number of rotatable bonds is 6. The quantitative estimate of drug-likeness (QED) is 0.354. The van der Waals surface area contributed by atoms with Gasteiger partial charge in [-0.2, -0.15) is 11.8 Å². The van der Waals surface area contributed by atoms with Crippen LogP contribution in [0.1, 0.15) is 31.7 Å². The average molecular weight is 252 g/mol. The lowest BCUT2D eigenvalue weighted by atomic mass is 10.0. The lowest BCUT2D eigenvalue weighted by Crippen LogP contribution is -2.24. The van der Waals surface area contributed by atoms with Gasteiger partial charge in [0.25, 0.3) is 0 Å². The molecule has 0 aliphatic carbocycles. The molecular weight excluding hydrogens is 232 g/mol. The van der Waals surface area contributed by atoms with Crippen molar-refractivity contribution in [3.63, 3.8) is 0 Å². The van der Waals surface area contributed by atoms with Gasteiger partial charge in [0.15, 0.2) is 0 Å². The highest BCUT2D eigenvalue weighted by molar-refractivity contribution is 7.99. The summed E-state index contributed by atoms with van der Waals surface area (Å²) in [7, 11) is 0. The molecule has 2 unspecified atom stereocenters. The molecular formula is C13H20N2OS. The summed E-state index contributed by atoms with van der Waals surface area (Å²) < 4.78 is 0. The Hall–Kier alpha value is -1.16. The zero-order chi connectivity index (χ0) is 12.7. The van der Waals surface area contributed by atoms with Gasteiger partial charge in [0.05, 0.1) is 5.92 Å². The highest BCUT2D eigenvalue weighted by Gasteiger charge is 2.17. The van der Waals surface area contributed by atoms with Crippen LogP contribution in [-0.4, -0.2) is 22.0 Å². The van der Waals surface area contributed by atoms with Crippen LogP contribution in [0.2, 0.25) is 0 Å². The molecule has 0 saturated heterocycles. The molecule has 2 atom stereocenters. The van der Waals surface area contributed by atoms with E-state index in [1.807, 2.05) is 42.1 Å². The van der Waals surface area contributed by atoms with Crippen LogP contribution >= 0.6 is 11.8 Å². The molecule has 4 heteroatoms. The van der Waals surface area contributed by atoms with Crippen molar-refractivity contribution in [3.8, 4) is 0 Å². The van der Waals surface area contributed by atoms with E-state index in [1.54, 1.807) is 0 Å². The molecule has 3 nitrogen and oxygen atoms in total. The molecule has 0 spiro atoms. The maximum Gasteiger partial charge on any atom is 0.147 e. The van der Waals surface area contributed by atoms with Crippen LogP contribution < -0.4 is 5.73 Å². The highest BCUT2D eigenvalue weighted by atomic mass is 32.2. The van der Waals surface area contributed by atoms with E-state index in [0.29, 0.717) is 5.25 Å². The monoisotopic (exact) mass is 252 g/mol. The molecule has 1 aromatic rings. The number of amidine groups is 1. The molecule has 0 saturated carbocycles. The fourth-order valence-electron chi connectivity index (χ4n) is 1.49. The molecule has 0 aliphatic rings. The molecule has 0 radical (unpaired) electrons. The maximum absolute atomic E-state index is 8.84. The van der Waals surface area contributed by atoms with Crippen LogP contribution in [0, 0.1) is 0 Å². The SMILES string of the molecule is CCC(C)SCC(C(N)=NO)c1ccccc1. The van der Waals surface area contributed by atoms with Gasteiger partial charge in [0, 0.05) is 11.0 Å². The maximum atomic E-state index is 8.84. The first-order valence-corrected chi connectivity index (χ1v) is 6.87. The average Bonchev–Trinajstić information content (AvgIpc) is 2.39. The van der Waals surface area contributed by atoms with Crippen molar-refractivity contribution in [3.05, 3.63) is 35.9 Å². The van der Waals surface area contributed by atoms with Crippen LogP contribution in [0.3, 0.4) is 0 Å². The Morgan fingerprint density at radius 2 is 2.06 bits per heavy atom. The summed E-state index contributed by atoms with van der Waals surface area (Å²) in [6.45, 7) is 4.36. The summed E-state index contributed by atoms with van der Waals surface area (Å²) >= 11 is 1.85. The zero-order valence-corrected chi connectivity index (χ0v) is 11.2. The number of nitrogens with two attached hydrogens (primary N) is 1. The highest BCUT2D eigenvalue weighted by Crippen LogP contribution is 2.24. The molecule has 0 aliphatic heterocycles. The first-order chi connectivity index (χ1) is 8.19. The summed E-state index contributed by atoms with van der Waals surface area (Å²) in [5, 5.41) is 12.6. The standard InChI is InChI=1S/C13H20N2OS/c1-3-10(2)17-9-12(13(14)15-16)11-7-5-4-6-8-11/h4-8,10,12,16H,3,9H2,1-2H3,(H2,14,15). The number of benzene rings is 1. The summed E-state index contributed by atoms with van der Waals surface area (Å²) in [5.41, 5.74) is 6.86. The summed E-state index contributed by atoms with van der Waals surface area (Å²) in [6.07, 6.45) is 1.13. The van der Waals surface area contributed by atoms with E-state index in [9.17, 15) is 0 Å². The molecule has 0 heterocycles. The van der Waals surface area contributed by atoms with Crippen molar-refractivity contribution in [2.45, 2.75) is 31.4 Å². The topological polar surface area (TPSA) is 58.6 Å². The second-order valence-corrected chi connectivity index (χ2v) is 5.51. The Labute approximate surface area is 107 Å². The minimum Gasteiger partial charge on any atom is -0.409 e. The molecule has 0 bridgehead atoms. The summed E-state index contributed by atoms with van der Waals surface area (Å²) in [5.74, 6) is 1.11. The van der Waals surface area contributed by atoms with E-state index in [2.05, 4.69) is 19.0 Å². The number of hydrogen-bond donors (Lipinski definition) is 2. The number of nitrogens with zero attached hydrogens (tertiary/aromatic N) is 1. The fraction of sp³-hybridized carbons (Fsp3) is 0.462. The summed E-state index contributed by atoms with van der Waals surface area (Å²) in [4.78, 5) is 0.